The minimum atomic E-state index is 0.000149. The molecule has 0 spiro atoms. The van der Waals surface area contributed by atoms with Gasteiger partial charge >= 0.3 is 0 Å². The summed E-state index contributed by atoms with van der Waals surface area (Å²) < 4.78 is 10.6. The summed E-state index contributed by atoms with van der Waals surface area (Å²) in [7, 11) is 3.20. The Morgan fingerprint density at radius 2 is 1.81 bits per heavy atom. The van der Waals surface area contributed by atoms with Gasteiger partial charge < -0.3 is 19.8 Å². The molecule has 0 bridgehead atoms. The zero-order valence-electron chi connectivity index (χ0n) is 15.4. The van der Waals surface area contributed by atoms with E-state index in [1.54, 1.807) is 14.2 Å². The van der Waals surface area contributed by atoms with Gasteiger partial charge in [-0.2, -0.15) is 0 Å². The number of carbonyl (C=O) groups excluding carboxylic acids is 1. The summed E-state index contributed by atoms with van der Waals surface area (Å²) >= 11 is 0. The molecule has 0 saturated carbocycles. The van der Waals surface area contributed by atoms with Crippen LogP contribution in [0, 0.1) is 6.92 Å². The number of fused-ring (bicyclic) bond motifs is 1. The van der Waals surface area contributed by atoms with E-state index in [0.717, 1.165) is 23.1 Å². The van der Waals surface area contributed by atoms with E-state index in [2.05, 4.69) is 22.4 Å². The maximum Gasteiger partial charge on any atom is 0.224 e. The number of ether oxygens (including phenoxy) is 2. The van der Waals surface area contributed by atoms with Crippen LogP contribution in [0.5, 0.6) is 11.5 Å². The number of hydrogen-bond acceptors (Lipinski definition) is 3. The molecule has 5 heteroatoms. The van der Waals surface area contributed by atoms with E-state index in [1.807, 2.05) is 37.4 Å². The lowest BCUT2D eigenvalue weighted by Crippen LogP contribution is -2.27. The quantitative estimate of drug-likeness (QED) is 0.685. The highest BCUT2D eigenvalue weighted by molar-refractivity contribution is 5.83. The molecule has 0 radical (unpaired) electrons. The van der Waals surface area contributed by atoms with Crippen molar-refractivity contribution in [2.24, 2.45) is 0 Å². The van der Waals surface area contributed by atoms with Gasteiger partial charge in [-0.15, -0.1) is 0 Å². The fraction of sp³-hybridized carbons (Fsp3) is 0.286. The summed E-state index contributed by atoms with van der Waals surface area (Å²) in [5.41, 5.74) is 4.28. The molecule has 0 aliphatic carbocycles. The van der Waals surface area contributed by atoms with Crippen LogP contribution in [0.15, 0.2) is 42.6 Å². The number of aromatic nitrogens is 1. The highest BCUT2D eigenvalue weighted by Gasteiger charge is 2.12. The molecule has 136 valence electrons. The third kappa shape index (κ3) is 3.82. The molecule has 2 N–H and O–H groups in total. The lowest BCUT2D eigenvalue weighted by atomic mass is 10.0. The zero-order chi connectivity index (χ0) is 18.5. The van der Waals surface area contributed by atoms with Crippen LogP contribution in [0.3, 0.4) is 0 Å². The number of methoxy groups -OCH3 is 2. The Morgan fingerprint density at radius 1 is 1.08 bits per heavy atom. The molecule has 0 fully saturated rings. The number of para-hydroxylation sites is 1. The van der Waals surface area contributed by atoms with Gasteiger partial charge in [0.1, 0.15) is 0 Å². The molecule has 1 aromatic heterocycles. The SMILES string of the molecule is COc1cc(C)c(CC(=O)NCCc2c[nH]c3ccccc23)cc1OC. The van der Waals surface area contributed by atoms with Crippen LogP contribution in [0.2, 0.25) is 0 Å². The molecule has 5 nitrogen and oxygen atoms in total. The maximum absolute atomic E-state index is 12.3. The molecule has 2 aromatic carbocycles. The summed E-state index contributed by atoms with van der Waals surface area (Å²) in [5.74, 6) is 1.31. The molecule has 0 atom stereocenters. The first kappa shape index (κ1) is 17.9. The minimum absolute atomic E-state index is 0.000149. The fourth-order valence-corrected chi connectivity index (χ4v) is 3.12. The van der Waals surface area contributed by atoms with Crippen molar-refractivity contribution >= 4 is 16.8 Å². The minimum Gasteiger partial charge on any atom is -0.493 e. The van der Waals surface area contributed by atoms with Gasteiger partial charge in [0, 0.05) is 23.6 Å². The smallest absolute Gasteiger partial charge is 0.224 e. The first-order valence-electron chi connectivity index (χ1n) is 8.65. The Bertz CT molecular complexity index is 915. The van der Waals surface area contributed by atoms with Crippen LogP contribution in [-0.4, -0.2) is 31.7 Å². The van der Waals surface area contributed by atoms with E-state index in [-0.39, 0.29) is 5.91 Å². The molecule has 1 amide bonds. The van der Waals surface area contributed by atoms with Gasteiger partial charge in [-0.1, -0.05) is 18.2 Å². The van der Waals surface area contributed by atoms with E-state index < -0.39 is 0 Å². The highest BCUT2D eigenvalue weighted by atomic mass is 16.5. The van der Waals surface area contributed by atoms with Gasteiger partial charge in [0.25, 0.3) is 0 Å². The Labute approximate surface area is 153 Å². The van der Waals surface area contributed by atoms with E-state index in [9.17, 15) is 4.79 Å². The number of carbonyl (C=O) groups is 1. The Hall–Kier alpha value is -2.95. The average molecular weight is 352 g/mol. The predicted octanol–water partition coefficient (Wildman–Crippen LogP) is 3.39. The van der Waals surface area contributed by atoms with E-state index in [4.69, 9.17) is 9.47 Å². The molecule has 0 aliphatic heterocycles. The largest absolute Gasteiger partial charge is 0.493 e. The van der Waals surface area contributed by atoms with Crippen molar-refractivity contribution in [3.05, 3.63) is 59.3 Å². The summed E-state index contributed by atoms with van der Waals surface area (Å²) in [6.07, 6.45) is 3.12. The molecule has 0 unspecified atom stereocenters. The number of H-pyrrole nitrogens is 1. The first-order chi connectivity index (χ1) is 12.6. The van der Waals surface area contributed by atoms with Gasteiger partial charge in [0.05, 0.1) is 20.6 Å². The number of benzene rings is 2. The summed E-state index contributed by atoms with van der Waals surface area (Å²) in [6.45, 7) is 2.57. The van der Waals surface area contributed by atoms with Crippen LogP contribution in [0.4, 0.5) is 0 Å². The van der Waals surface area contributed by atoms with E-state index in [0.29, 0.717) is 24.5 Å². The van der Waals surface area contributed by atoms with Gasteiger partial charge in [-0.25, -0.2) is 0 Å². The topological polar surface area (TPSA) is 63.3 Å². The van der Waals surface area contributed by atoms with Crippen molar-refractivity contribution < 1.29 is 14.3 Å². The average Bonchev–Trinajstić information content (AvgIpc) is 3.06. The monoisotopic (exact) mass is 352 g/mol. The molecule has 0 aliphatic rings. The molecule has 1 heterocycles. The number of nitrogens with one attached hydrogen (secondary N) is 2. The maximum atomic E-state index is 12.3. The van der Waals surface area contributed by atoms with Crippen molar-refractivity contribution in [1.82, 2.24) is 10.3 Å². The lowest BCUT2D eigenvalue weighted by molar-refractivity contribution is -0.120. The fourth-order valence-electron chi connectivity index (χ4n) is 3.12. The van der Waals surface area contributed by atoms with Gasteiger partial charge in [-0.3, -0.25) is 4.79 Å². The van der Waals surface area contributed by atoms with E-state index in [1.165, 1.54) is 10.9 Å². The highest BCUT2D eigenvalue weighted by Crippen LogP contribution is 2.30. The first-order valence-corrected chi connectivity index (χ1v) is 8.65. The summed E-state index contributed by atoms with van der Waals surface area (Å²) in [5, 5.41) is 4.21. The van der Waals surface area contributed by atoms with Crippen LogP contribution < -0.4 is 14.8 Å². The number of rotatable bonds is 7. The van der Waals surface area contributed by atoms with E-state index >= 15 is 0 Å². The van der Waals surface area contributed by atoms with Crippen molar-refractivity contribution in [3.8, 4) is 11.5 Å². The summed E-state index contributed by atoms with van der Waals surface area (Å²) in [4.78, 5) is 15.6. The molecule has 3 rings (SSSR count). The molecule has 0 saturated heterocycles. The third-order valence-corrected chi connectivity index (χ3v) is 4.58. The third-order valence-electron chi connectivity index (χ3n) is 4.58. The van der Waals surface area contributed by atoms with Crippen LogP contribution in [0.1, 0.15) is 16.7 Å². The molecular formula is C21H24N2O3. The van der Waals surface area contributed by atoms with Crippen LogP contribution in [0.25, 0.3) is 10.9 Å². The Morgan fingerprint density at radius 3 is 2.58 bits per heavy atom. The number of aromatic amines is 1. The number of hydrogen-bond donors (Lipinski definition) is 2. The van der Waals surface area contributed by atoms with Crippen molar-refractivity contribution in [3.63, 3.8) is 0 Å². The second-order valence-electron chi connectivity index (χ2n) is 6.27. The van der Waals surface area contributed by atoms with Gasteiger partial charge in [0.2, 0.25) is 5.91 Å². The number of aryl methyl sites for hydroxylation is 1. The normalized spacial score (nSPS) is 10.7. The summed E-state index contributed by atoms with van der Waals surface area (Å²) in [6, 6.07) is 11.9. The van der Waals surface area contributed by atoms with Crippen molar-refractivity contribution in [1.29, 1.82) is 0 Å². The van der Waals surface area contributed by atoms with Gasteiger partial charge in [-0.05, 0) is 48.2 Å². The molecule has 3 aromatic rings. The molecule has 26 heavy (non-hydrogen) atoms. The second-order valence-corrected chi connectivity index (χ2v) is 6.27. The van der Waals surface area contributed by atoms with Crippen molar-refractivity contribution in [2.75, 3.05) is 20.8 Å². The zero-order valence-corrected chi connectivity index (χ0v) is 15.4. The molecular weight excluding hydrogens is 328 g/mol. The van der Waals surface area contributed by atoms with Crippen LogP contribution in [-0.2, 0) is 17.6 Å². The Kier molecular flexibility index (Phi) is 5.46. The lowest BCUT2D eigenvalue weighted by Gasteiger charge is -2.13. The Balaban J connectivity index is 1.59. The second kappa shape index (κ2) is 7.95. The standard InChI is InChI=1S/C21H24N2O3/c1-14-10-19(25-2)20(26-3)11-16(14)12-21(24)22-9-8-15-13-23-18-7-5-4-6-17(15)18/h4-7,10-11,13,23H,8-9,12H2,1-3H3,(H,22,24). The predicted molar refractivity (Wildman–Crippen MR) is 103 cm³/mol. The van der Waals surface area contributed by atoms with Crippen molar-refractivity contribution in [2.45, 2.75) is 19.8 Å². The number of amides is 1. The van der Waals surface area contributed by atoms with Crippen LogP contribution >= 0.6 is 0 Å². The van der Waals surface area contributed by atoms with Gasteiger partial charge in [0.15, 0.2) is 11.5 Å².